The Morgan fingerprint density at radius 1 is 1.05 bits per heavy atom. The molecule has 1 saturated carbocycles. The first kappa shape index (κ1) is 25.3. The van der Waals surface area contributed by atoms with Crippen molar-refractivity contribution in [2.24, 2.45) is 0 Å². The molecule has 0 saturated heterocycles. The number of amides is 2. The van der Waals surface area contributed by atoms with E-state index in [1.54, 1.807) is 43.5 Å². The van der Waals surface area contributed by atoms with Crippen molar-refractivity contribution < 1.29 is 19.4 Å². The summed E-state index contributed by atoms with van der Waals surface area (Å²) in [4.78, 5) is 29.5. The molecule has 196 valence electrons. The van der Waals surface area contributed by atoms with Crippen molar-refractivity contribution in [3.05, 3.63) is 78.4 Å². The van der Waals surface area contributed by atoms with Crippen LogP contribution in [-0.2, 0) is 16.1 Å². The summed E-state index contributed by atoms with van der Waals surface area (Å²) in [6.07, 6.45) is 5.10. The fraction of sp³-hybridized carbons (Fsp3) is 0.310. The summed E-state index contributed by atoms with van der Waals surface area (Å²) in [5.74, 6) is 0.0187. The number of hydrogen-bond donors (Lipinski definition) is 2. The summed E-state index contributed by atoms with van der Waals surface area (Å²) in [6, 6.07) is 20.0. The molecule has 0 bridgehead atoms. The number of carbonyl (C=O) groups excluding carboxylic acids is 2. The Balaban J connectivity index is 1.57. The number of fused-ring (bicyclic) bond motifs is 1. The largest absolute Gasteiger partial charge is 0.508 e. The van der Waals surface area contributed by atoms with E-state index < -0.39 is 6.04 Å². The van der Waals surface area contributed by atoms with Crippen LogP contribution in [0.15, 0.2) is 72.8 Å². The number of ether oxygens (including phenoxy) is 1. The van der Waals surface area contributed by atoms with Gasteiger partial charge in [-0.3, -0.25) is 14.5 Å². The number of phenolic OH excluding ortho intramolecular Hbond substituents is 1. The van der Waals surface area contributed by atoms with Gasteiger partial charge in [-0.1, -0.05) is 54.8 Å². The Hall–Kier alpha value is -4.40. The van der Waals surface area contributed by atoms with Crippen LogP contribution in [0.2, 0.25) is 0 Å². The predicted octanol–water partition coefficient (Wildman–Crippen LogP) is 4.37. The van der Waals surface area contributed by atoms with Crippen LogP contribution in [0.3, 0.4) is 0 Å². The van der Waals surface area contributed by atoms with Gasteiger partial charge in [0.15, 0.2) is 0 Å². The topological polar surface area (TPSA) is 110 Å². The van der Waals surface area contributed by atoms with Crippen LogP contribution in [0, 0.1) is 0 Å². The van der Waals surface area contributed by atoms with Gasteiger partial charge in [0.25, 0.3) is 0 Å². The van der Waals surface area contributed by atoms with Crippen molar-refractivity contribution in [2.45, 2.75) is 50.7 Å². The summed E-state index contributed by atoms with van der Waals surface area (Å²) in [6.45, 7) is -0.122. The molecular formula is C29H31N5O4. The van der Waals surface area contributed by atoms with E-state index >= 15 is 0 Å². The van der Waals surface area contributed by atoms with E-state index in [1.165, 1.54) is 21.7 Å². The number of methoxy groups -OCH3 is 1. The molecule has 4 aromatic rings. The van der Waals surface area contributed by atoms with Crippen LogP contribution in [-0.4, -0.2) is 45.1 Å². The van der Waals surface area contributed by atoms with Crippen LogP contribution in [0.5, 0.6) is 11.5 Å². The van der Waals surface area contributed by atoms with Crippen molar-refractivity contribution >= 4 is 28.5 Å². The second-order valence-electron chi connectivity index (χ2n) is 9.54. The van der Waals surface area contributed by atoms with Gasteiger partial charge in [-0.15, -0.1) is 5.10 Å². The summed E-state index contributed by atoms with van der Waals surface area (Å²) in [5.41, 5.74) is 2.49. The van der Waals surface area contributed by atoms with E-state index in [2.05, 4.69) is 15.6 Å². The first-order valence-corrected chi connectivity index (χ1v) is 12.9. The van der Waals surface area contributed by atoms with Crippen LogP contribution >= 0.6 is 0 Å². The Labute approximate surface area is 221 Å². The fourth-order valence-corrected chi connectivity index (χ4v) is 5.04. The summed E-state index contributed by atoms with van der Waals surface area (Å²) in [7, 11) is 1.56. The van der Waals surface area contributed by atoms with Crippen LogP contribution in [0.1, 0.15) is 43.7 Å². The zero-order chi connectivity index (χ0) is 26.5. The molecule has 0 aliphatic heterocycles. The normalized spacial score (nSPS) is 14.7. The second-order valence-corrected chi connectivity index (χ2v) is 9.54. The lowest BCUT2D eigenvalue weighted by molar-refractivity contribution is -0.127. The Kier molecular flexibility index (Phi) is 7.53. The minimum Gasteiger partial charge on any atom is -0.508 e. The number of aromatic hydroxyl groups is 1. The quantitative estimate of drug-likeness (QED) is 0.362. The third kappa shape index (κ3) is 5.46. The summed E-state index contributed by atoms with van der Waals surface area (Å²) >= 11 is 0. The molecule has 0 spiro atoms. The number of aromatic nitrogens is 3. The zero-order valence-corrected chi connectivity index (χ0v) is 21.3. The van der Waals surface area contributed by atoms with E-state index in [9.17, 15) is 14.7 Å². The lowest BCUT2D eigenvalue weighted by atomic mass is 9.94. The molecule has 2 amide bonds. The average molecular weight is 514 g/mol. The van der Waals surface area contributed by atoms with Crippen molar-refractivity contribution in [3.8, 4) is 11.5 Å². The molecule has 1 aromatic heterocycles. The van der Waals surface area contributed by atoms with E-state index in [0.717, 1.165) is 37.6 Å². The van der Waals surface area contributed by atoms with Crippen molar-refractivity contribution in [2.75, 3.05) is 12.0 Å². The van der Waals surface area contributed by atoms with Crippen molar-refractivity contribution in [1.82, 2.24) is 20.3 Å². The SMILES string of the molecule is COc1cccc(N(C(=O)Cn2nnc3ccccc32)C(C(=O)NC2CCCCC2)c2ccc(O)cc2)c1. The number of nitrogens with one attached hydrogen (secondary N) is 1. The molecule has 9 heteroatoms. The number of benzene rings is 3. The maximum atomic E-state index is 14.1. The summed E-state index contributed by atoms with van der Waals surface area (Å²) in [5, 5.41) is 21.5. The molecule has 1 aliphatic carbocycles. The van der Waals surface area contributed by atoms with Crippen molar-refractivity contribution in [1.29, 1.82) is 0 Å². The van der Waals surface area contributed by atoms with Gasteiger partial charge in [0.05, 0.1) is 12.6 Å². The number of phenols is 1. The molecule has 1 fully saturated rings. The highest BCUT2D eigenvalue weighted by molar-refractivity contribution is 6.01. The Morgan fingerprint density at radius 2 is 1.82 bits per heavy atom. The number of para-hydroxylation sites is 1. The number of carbonyl (C=O) groups is 2. The standard InChI is InChI=1S/C29H31N5O4/c1-38-24-11-7-10-22(18-24)34(27(36)19-33-26-13-6-5-12-25(26)31-32-33)28(20-14-16-23(35)17-15-20)29(37)30-21-8-3-2-4-9-21/h5-7,10-18,21,28,35H,2-4,8-9,19H2,1H3,(H,30,37). The third-order valence-electron chi connectivity index (χ3n) is 6.97. The first-order chi connectivity index (χ1) is 18.5. The van der Waals surface area contributed by atoms with Gasteiger partial charge in [-0.2, -0.15) is 0 Å². The first-order valence-electron chi connectivity index (χ1n) is 12.9. The lowest BCUT2D eigenvalue weighted by Gasteiger charge is -2.33. The minimum atomic E-state index is -0.980. The molecule has 0 radical (unpaired) electrons. The van der Waals surface area contributed by atoms with Crippen molar-refractivity contribution in [3.63, 3.8) is 0 Å². The van der Waals surface area contributed by atoms with Gasteiger partial charge in [-0.25, -0.2) is 4.68 Å². The zero-order valence-electron chi connectivity index (χ0n) is 21.3. The smallest absolute Gasteiger partial charge is 0.249 e. The van der Waals surface area contributed by atoms with Gasteiger partial charge < -0.3 is 15.2 Å². The third-order valence-corrected chi connectivity index (χ3v) is 6.97. The molecule has 1 atom stereocenters. The maximum Gasteiger partial charge on any atom is 0.249 e. The highest BCUT2D eigenvalue weighted by Crippen LogP contribution is 2.32. The molecule has 3 aromatic carbocycles. The van der Waals surface area contributed by atoms with Crippen LogP contribution < -0.4 is 15.0 Å². The van der Waals surface area contributed by atoms with E-state index in [-0.39, 0.29) is 30.2 Å². The van der Waals surface area contributed by atoms with E-state index in [1.807, 2.05) is 24.3 Å². The average Bonchev–Trinajstić information content (AvgIpc) is 3.35. The monoisotopic (exact) mass is 513 g/mol. The number of anilines is 1. The number of nitrogens with zero attached hydrogens (tertiary/aromatic N) is 4. The number of rotatable bonds is 8. The molecule has 2 N–H and O–H groups in total. The molecule has 5 rings (SSSR count). The minimum absolute atomic E-state index is 0.0531. The van der Waals surface area contributed by atoms with Gasteiger partial charge >= 0.3 is 0 Å². The maximum absolute atomic E-state index is 14.1. The highest BCUT2D eigenvalue weighted by atomic mass is 16.5. The Morgan fingerprint density at radius 3 is 2.58 bits per heavy atom. The molecular weight excluding hydrogens is 482 g/mol. The van der Waals surface area contributed by atoms with E-state index in [0.29, 0.717) is 22.5 Å². The number of hydrogen-bond acceptors (Lipinski definition) is 6. The second kappa shape index (κ2) is 11.3. The highest BCUT2D eigenvalue weighted by Gasteiger charge is 2.34. The summed E-state index contributed by atoms with van der Waals surface area (Å²) < 4.78 is 6.97. The molecule has 1 aliphatic rings. The predicted molar refractivity (Wildman–Crippen MR) is 144 cm³/mol. The van der Waals surface area contributed by atoms with Gasteiger partial charge in [0.2, 0.25) is 11.8 Å². The van der Waals surface area contributed by atoms with Gasteiger partial charge in [-0.05, 0) is 54.8 Å². The molecule has 1 heterocycles. The fourth-order valence-electron chi connectivity index (χ4n) is 5.04. The lowest BCUT2D eigenvalue weighted by Crippen LogP contribution is -2.48. The van der Waals surface area contributed by atoms with Gasteiger partial charge in [0, 0.05) is 17.8 Å². The molecule has 1 unspecified atom stereocenters. The van der Waals surface area contributed by atoms with E-state index in [4.69, 9.17) is 4.74 Å². The Bertz CT molecular complexity index is 1410. The molecule has 9 nitrogen and oxygen atoms in total. The molecule has 38 heavy (non-hydrogen) atoms. The van der Waals surface area contributed by atoms with Crippen LogP contribution in [0.25, 0.3) is 11.0 Å². The van der Waals surface area contributed by atoms with Gasteiger partial charge in [0.1, 0.15) is 29.6 Å². The van der Waals surface area contributed by atoms with Crippen LogP contribution in [0.4, 0.5) is 5.69 Å².